The molecule has 7 N–H and O–H groups in total. The van der Waals surface area contributed by atoms with Gasteiger partial charge in [-0.3, -0.25) is 0 Å². The minimum atomic E-state index is -2.26. The lowest BCUT2D eigenvalue weighted by Gasteiger charge is -2.52. The van der Waals surface area contributed by atoms with Gasteiger partial charge in [-0.05, 0) is 12.8 Å². The zero-order valence-electron chi connectivity index (χ0n) is 16.5. The molecular formula is C19H38O8. The highest BCUT2D eigenvalue weighted by atomic mass is 16.6. The Morgan fingerprint density at radius 3 is 1.70 bits per heavy atom. The largest absolute Gasteiger partial charge is 0.394 e. The molecule has 162 valence electrons. The molecule has 8 nitrogen and oxygen atoms in total. The molecule has 1 heterocycles. The quantitative estimate of drug-likeness (QED) is 0.218. The van der Waals surface area contributed by atoms with E-state index in [-0.39, 0.29) is 12.8 Å². The van der Waals surface area contributed by atoms with Crippen LogP contribution in [0.4, 0.5) is 0 Å². The van der Waals surface area contributed by atoms with Gasteiger partial charge in [-0.25, -0.2) is 0 Å². The first-order valence-electron chi connectivity index (χ1n) is 10.1. The van der Waals surface area contributed by atoms with Crippen LogP contribution in [0.2, 0.25) is 0 Å². The van der Waals surface area contributed by atoms with Crippen LogP contribution < -0.4 is 0 Å². The fourth-order valence-electron chi connectivity index (χ4n) is 3.89. The summed E-state index contributed by atoms with van der Waals surface area (Å²) < 4.78 is 5.47. The van der Waals surface area contributed by atoms with Gasteiger partial charge in [-0.1, -0.05) is 52.4 Å². The summed E-state index contributed by atoms with van der Waals surface area (Å²) in [6.07, 6.45) is -2.71. The first-order chi connectivity index (χ1) is 12.7. The molecule has 1 aliphatic heterocycles. The Morgan fingerprint density at radius 1 is 0.778 bits per heavy atom. The average Bonchev–Trinajstić information content (AvgIpc) is 2.66. The van der Waals surface area contributed by atoms with Crippen molar-refractivity contribution in [1.82, 2.24) is 0 Å². The molecule has 8 heteroatoms. The Labute approximate surface area is 161 Å². The summed E-state index contributed by atoms with van der Waals surface area (Å²) in [6, 6.07) is 0. The molecule has 27 heavy (non-hydrogen) atoms. The summed E-state index contributed by atoms with van der Waals surface area (Å²) in [7, 11) is 0. The number of aliphatic hydroxyl groups excluding tert-OH is 5. The Balaban J connectivity index is 3.18. The van der Waals surface area contributed by atoms with Crippen LogP contribution in [-0.2, 0) is 4.74 Å². The summed E-state index contributed by atoms with van der Waals surface area (Å²) in [5, 5.41) is 72.5. The summed E-state index contributed by atoms with van der Waals surface area (Å²) in [4.78, 5) is 0. The highest BCUT2D eigenvalue weighted by Crippen LogP contribution is 2.40. The third-order valence-corrected chi connectivity index (χ3v) is 5.80. The molecule has 0 amide bonds. The van der Waals surface area contributed by atoms with Crippen molar-refractivity contribution in [3.8, 4) is 0 Å². The minimum Gasteiger partial charge on any atom is -0.394 e. The number of hydrogen-bond donors (Lipinski definition) is 7. The molecule has 0 radical (unpaired) electrons. The zero-order chi connectivity index (χ0) is 20.7. The maximum absolute atomic E-state index is 11.4. The maximum atomic E-state index is 11.4. The second kappa shape index (κ2) is 11.0. The van der Waals surface area contributed by atoms with Crippen LogP contribution >= 0.6 is 0 Å². The van der Waals surface area contributed by atoms with E-state index >= 15 is 0 Å². The predicted octanol–water partition coefficient (Wildman–Crippen LogP) is -0.556. The van der Waals surface area contributed by atoms with Gasteiger partial charge in [0.25, 0.3) is 0 Å². The van der Waals surface area contributed by atoms with Crippen molar-refractivity contribution >= 4 is 0 Å². The lowest BCUT2D eigenvalue weighted by molar-refractivity contribution is -0.311. The molecule has 1 fully saturated rings. The van der Waals surface area contributed by atoms with Crippen molar-refractivity contribution in [2.24, 2.45) is 0 Å². The molecule has 1 aliphatic rings. The third-order valence-electron chi connectivity index (χ3n) is 5.80. The van der Waals surface area contributed by atoms with Crippen LogP contribution in [0.5, 0.6) is 0 Å². The van der Waals surface area contributed by atoms with Crippen LogP contribution in [0.15, 0.2) is 0 Å². The Morgan fingerprint density at radius 2 is 1.30 bits per heavy atom. The van der Waals surface area contributed by atoms with Crippen LogP contribution in [0.3, 0.4) is 0 Å². The van der Waals surface area contributed by atoms with Crippen LogP contribution in [0, 0.1) is 0 Å². The smallest absolute Gasteiger partial charge is 0.145 e. The Hall–Kier alpha value is -0.320. The lowest BCUT2D eigenvalue weighted by Crippen LogP contribution is -2.72. The van der Waals surface area contributed by atoms with Gasteiger partial charge < -0.3 is 40.5 Å². The van der Waals surface area contributed by atoms with E-state index in [0.29, 0.717) is 12.8 Å². The first kappa shape index (κ1) is 24.7. The Kier molecular flexibility index (Phi) is 10.1. The summed E-state index contributed by atoms with van der Waals surface area (Å²) in [5.74, 6) is 0. The van der Waals surface area contributed by atoms with Crippen LogP contribution in [0.25, 0.3) is 0 Å². The molecule has 0 bridgehead atoms. The van der Waals surface area contributed by atoms with Crippen LogP contribution in [0.1, 0.15) is 65.2 Å². The highest BCUT2D eigenvalue weighted by Gasteiger charge is 2.60. The molecule has 0 saturated carbocycles. The SMILES string of the molecule is CCCCCC(O)(CCCCC)C(O)(CO)C1O[C@H](CO)[C@H](O)[C@H](O)[C@H]1O. The van der Waals surface area contributed by atoms with Crippen molar-refractivity contribution in [2.45, 2.75) is 107 Å². The van der Waals surface area contributed by atoms with Crippen molar-refractivity contribution in [1.29, 1.82) is 0 Å². The van der Waals surface area contributed by atoms with E-state index in [1.807, 2.05) is 13.8 Å². The van der Waals surface area contributed by atoms with Gasteiger partial charge in [-0.2, -0.15) is 0 Å². The number of unbranched alkanes of at least 4 members (excludes halogenated alkanes) is 4. The third kappa shape index (κ3) is 5.39. The second-order valence-electron chi connectivity index (χ2n) is 7.78. The van der Waals surface area contributed by atoms with Gasteiger partial charge in [0.1, 0.15) is 36.1 Å². The molecular weight excluding hydrogens is 356 g/mol. The molecule has 0 aromatic heterocycles. The number of hydrogen-bond acceptors (Lipinski definition) is 8. The summed E-state index contributed by atoms with van der Waals surface area (Å²) in [6.45, 7) is 2.47. The molecule has 0 spiro atoms. The standard InChI is InChI=1S/C19H38O8/c1-3-5-7-9-18(25,10-8-6-4-2)19(26,12-21)17-16(24)15(23)14(22)13(11-20)27-17/h13-17,20-26H,3-12H2,1-2H3/t13-,14+,15+,16-,17?,19?/m1/s1. The van der Waals surface area contributed by atoms with E-state index in [0.717, 1.165) is 25.7 Å². The molecule has 0 aliphatic carbocycles. The van der Waals surface area contributed by atoms with Crippen molar-refractivity contribution in [3.05, 3.63) is 0 Å². The molecule has 6 atom stereocenters. The highest BCUT2D eigenvalue weighted by molar-refractivity contribution is 5.10. The van der Waals surface area contributed by atoms with E-state index in [9.17, 15) is 35.7 Å². The number of ether oxygens (including phenoxy) is 1. The fourth-order valence-corrected chi connectivity index (χ4v) is 3.89. The first-order valence-corrected chi connectivity index (χ1v) is 10.1. The normalized spacial score (nSPS) is 31.7. The average molecular weight is 395 g/mol. The van der Waals surface area contributed by atoms with Crippen molar-refractivity contribution in [2.75, 3.05) is 13.2 Å². The number of aliphatic hydroxyl groups is 7. The van der Waals surface area contributed by atoms with E-state index in [1.165, 1.54) is 0 Å². The van der Waals surface area contributed by atoms with Gasteiger partial charge in [0, 0.05) is 0 Å². The van der Waals surface area contributed by atoms with Crippen molar-refractivity contribution in [3.63, 3.8) is 0 Å². The van der Waals surface area contributed by atoms with E-state index < -0.39 is 54.9 Å². The Bertz CT molecular complexity index is 409. The van der Waals surface area contributed by atoms with Gasteiger partial charge >= 0.3 is 0 Å². The van der Waals surface area contributed by atoms with E-state index in [1.54, 1.807) is 0 Å². The fraction of sp³-hybridized carbons (Fsp3) is 1.00. The predicted molar refractivity (Wildman–Crippen MR) is 99.0 cm³/mol. The lowest BCUT2D eigenvalue weighted by atomic mass is 9.70. The molecule has 2 unspecified atom stereocenters. The minimum absolute atomic E-state index is 0.191. The molecule has 0 aromatic carbocycles. The van der Waals surface area contributed by atoms with Crippen LogP contribution in [-0.4, -0.2) is 90.7 Å². The zero-order valence-corrected chi connectivity index (χ0v) is 16.5. The number of rotatable bonds is 12. The molecule has 1 rings (SSSR count). The monoisotopic (exact) mass is 394 g/mol. The topological polar surface area (TPSA) is 151 Å². The van der Waals surface area contributed by atoms with Gasteiger partial charge in [-0.15, -0.1) is 0 Å². The van der Waals surface area contributed by atoms with Gasteiger partial charge in [0.05, 0.1) is 18.8 Å². The van der Waals surface area contributed by atoms with Gasteiger partial charge in [0.15, 0.2) is 0 Å². The summed E-state index contributed by atoms with van der Waals surface area (Å²) in [5.41, 5.74) is -4.01. The summed E-state index contributed by atoms with van der Waals surface area (Å²) >= 11 is 0. The second-order valence-corrected chi connectivity index (χ2v) is 7.78. The van der Waals surface area contributed by atoms with E-state index in [2.05, 4.69) is 0 Å². The molecule has 1 saturated heterocycles. The maximum Gasteiger partial charge on any atom is 0.145 e. The van der Waals surface area contributed by atoms with Gasteiger partial charge in [0.2, 0.25) is 0 Å². The van der Waals surface area contributed by atoms with E-state index in [4.69, 9.17) is 4.74 Å². The van der Waals surface area contributed by atoms with Crippen molar-refractivity contribution < 1.29 is 40.5 Å². The molecule has 0 aromatic rings.